The zero-order chi connectivity index (χ0) is 16.4. The molecule has 5 heteroatoms. The first-order valence-corrected chi connectivity index (χ1v) is 8.37. The van der Waals surface area contributed by atoms with Crippen LogP contribution in [0.1, 0.15) is 43.6 Å². The number of rotatable bonds is 4. The number of nitrogens with zero attached hydrogens (tertiary/aromatic N) is 2. The molecule has 0 N–H and O–H groups in total. The molecule has 1 aliphatic heterocycles. The Bertz CT molecular complexity index is 819. The van der Waals surface area contributed by atoms with Crippen LogP contribution in [0.2, 0.25) is 0 Å². The molecule has 1 aromatic heterocycles. The van der Waals surface area contributed by atoms with Gasteiger partial charge in [-0.05, 0) is 31.2 Å². The van der Waals surface area contributed by atoms with Crippen LogP contribution in [-0.4, -0.2) is 23.4 Å². The molecule has 2 heterocycles. The van der Waals surface area contributed by atoms with Crippen molar-refractivity contribution >= 4 is 10.8 Å². The smallest absolute Gasteiger partial charge is 0.256 e. The van der Waals surface area contributed by atoms with Gasteiger partial charge in [0.1, 0.15) is 5.75 Å². The van der Waals surface area contributed by atoms with Gasteiger partial charge in [-0.3, -0.25) is 0 Å². The lowest BCUT2D eigenvalue weighted by Gasteiger charge is -2.18. The summed E-state index contributed by atoms with van der Waals surface area (Å²) in [6.45, 7) is 3.44. The van der Waals surface area contributed by atoms with E-state index in [2.05, 4.69) is 28.4 Å². The predicted molar refractivity (Wildman–Crippen MR) is 90.1 cm³/mol. The summed E-state index contributed by atoms with van der Waals surface area (Å²) in [6, 6.07) is 14.2. The van der Waals surface area contributed by atoms with E-state index in [-0.39, 0.29) is 6.10 Å². The lowest BCUT2D eigenvalue weighted by Crippen LogP contribution is -2.14. The molecular formula is C19H20N2O3. The molecule has 0 saturated carbocycles. The summed E-state index contributed by atoms with van der Waals surface area (Å²) in [4.78, 5) is 0. The summed E-state index contributed by atoms with van der Waals surface area (Å²) in [5.74, 6) is 2.34. The number of hydrogen-bond acceptors (Lipinski definition) is 5. The van der Waals surface area contributed by atoms with Gasteiger partial charge in [-0.2, -0.15) is 0 Å². The SMILES string of the molecule is CC(Oc1cccc2ccccc12)c1nnc(C2CCOCC2)o1. The van der Waals surface area contributed by atoms with E-state index < -0.39 is 0 Å². The lowest BCUT2D eigenvalue weighted by molar-refractivity contribution is 0.0782. The van der Waals surface area contributed by atoms with Crippen LogP contribution >= 0.6 is 0 Å². The van der Waals surface area contributed by atoms with Crippen molar-refractivity contribution in [1.29, 1.82) is 0 Å². The molecule has 0 spiro atoms. The maximum atomic E-state index is 6.09. The van der Waals surface area contributed by atoms with Crippen LogP contribution < -0.4 is 4.74 Å². The minimum atomic E-state index is -0.295. The molecule has 4 rings (SSSR count). The highest BCUT2D eigenvalue weighted by Gasteiger charge is 2.24. The molecule has 0 amide bonds. The van der Waals surface area contributed by atoms with Crippen LogP contribution in [-0.2, 0) is 4.74 Å². The zero-order valence-electron chi connectivity index (χ0n) is 13.6. The van der Waals surface area contributed by atoms with Gasteiger partial charge in [-0.1, -0.05) is 36.4 Å². The molecule has 0 radical (unpaired) electrons. The second-order valence-corrected chi connectivity index (χ2v) is 6.10. The van der Waals surface area contributed by atoms with Crippen molar-refractivity contribution in [1.82, 2.24) is 10.2 Å². The normalized spacial score (nSPS) is 17.0. The van der Waals surface area contributed by atoms with E-state index in [0.717, 1.165) is 42.6 Å². The number of fused-ring (bicyclic) bond motifs is 1. The molecule has 124 valence electrons. The summed E-state index contributed by atoms with van der Waals surface area (Å²) in [6.07, 6.45) is 1.57. The summed E-state index contributed by atoms with van der Waals surface area (Å²) < 4.78 is 17.3. The molecule has 1 aliphatic rings. The Morgan fingerprint density at radius 2 is 1.83 bits per heavy atom. The van der Waals surface area contributed by atoms with Crippen LogP contribution in [0.15, 0.2) is 46.9 Å². The Hall–Kier alpha value is -2.40. The first kappa shape index (κ1) is 15.1. The van der Waals surface area contributed by atoms with E-state index >= 15 is 0 Å². The van der Waals surface area contributed by atoms with Gasteiger partial charge >= 0.3 is 0 Å². The minimum absolute atomic E-state index is 0.295. The van der Waals surface area contributed by atoms with E-state index in [1.165, 1.54) is 0 Å². The Morgan fingerprint density at radius 3 is 2.71 bits per heavy atom. The molecule has 0 bridgehead atoms. The Morgan fingerprint density at radius 1 is 1.04 bits per heavy atom. The second kappa shape index (κ2) is 6.61. The number of ether oxygens (including phenoxy) is 2. The quantitative estimate of drug-likeness (QED) is 0.718. The fourth-order valence-electron chi connectivity index (χ4n) is 3.06. The number of aromatic nitrogens is 2. The maximum Gasteiger partial charge on any atom is 0.256 e. The van der Waals surface area contributed by atoms with E-state index in [1.54, 1.807) is 0 Å². The van der Waals surface area contributed by atoms with E-state index in [9.17, 15) is 0 Å². The number of benzene rings is 2. The Balaban J connectivity index is 1.53. The molecule has 0 aliphatic carbocycles. The monoisotopic (exact) mass is 324 g/mol. The maximum absolute atomic E-state index is 6.09. The van der Waals surface area contributed by atoms with Crippen molar-refractivity contribution in [2.45, 2.75) is 31.8 Å². The Labute approximate surface area is 140 Å². The van der Waals surface area contributed by atoms with Gasteiger partial charge in [0.05, 0.1) is 0 Å². The van der Waals surface area contributed by atoms with Crippen molar-refractivity contribution in [2.24, 2.45) is 0 Å². The molecule has 1 fully saturated rings. The molecule has 5 nitrogen and oxygen atoms in total. The van der Waals surface area contributed by atoms with Crippen LogP contribution in [0.3, 0.4) is 0 Å². The molecule has 1 atom stereocenters. The first-order chi connectivity index (χ1) is 11.8. The lowest BCUT2D eigenvalue weighted by atomic mass is 10.0. The average Bonchev–Trinajstić information content (AvgIpc) is 3.13. The second-order valence-electron chi connectivity index (χ2n) is 6.10. The van der Waals surface area contributed by atoms with Gasteiger partial charge in [-0.15, -0.1) is 10.2 Å². The van der Waals surface area contributed by atoms with Crippen LogP contribution in [0.5, 0.6) is 5.75 Å². The molecule has 24 heavy (non-hydrogen) atoms. The van der Waals surface area contributed by atoms with Gasteiger partial charge in [0, 0.05) is 24.5 Å². The van der Waals surface area contributed by atoms with Gasteiger partial charge < -0.3 is 13.9 Å². The predicted octanol–water partition coefficient (Wildman–Crippen LogP) is 4.26. The van der Waals surface area contributed by atoms with Crippen molar-refractivity contribution < 1.29 is 13.9 Å². The van der Waals surface area contributed by atoms with E-state index in [1.807, 2.05) is 31.2 Å². The van der Waals surface area contributed by atoms with Gasteiger partial charge in [0.15, 0.2) is 6.10 Å². The third-order valence-electron chi connectivity index (χ3n) is 4.43. The van der Waals surface area contributed by atoms with Gasteiger partial charge in [0.25, 0.3) is 5.89 Å². The fourth-order valence-corrected chi connectivity index (χ4v) is 3.06. The molecule has 2 aromatic carbocycles. The van der Waals surface area contributed by atoms with Crippen molar-refractivity contribution in [2.75, 3.05) is 13.2 Å². The summed E-state index contributed by atoms with van der Waals surface area (Å²) in [7, 11) is 0. The highest BCUT2D eigenvalue weighted by molar-refractivity contribution is 5.88. The fraction of sp³-hybridized carbons (Fsp3) is 0.368. The largest absolute Gasteiger partial charge is 0.480 e. The minimum Gasteiger partial charge on any atom is -0.480 e. The highest BCUT2D eigenvalue weighted by atomic mass is 16.5. The summed E-state index contributed by atoms with van der Waals surface area (Å²) in [5, 5.41) is 10.6. The van der Waals surface area contributed by atoms with Crippen LogP contribution in [0.4, 0.5) is 0 Å². The molecule has 3 aromatic rings. The van der Waals surface area contributed by atoms with Crippen molar-refractivity contribution in [3.05, 3.63) is 54.2 Å². The van der Waals surface area contributed by atoms with E-state index in [4.69, 9.17) is 13.9 Å². The first-order valence-electron chi connectivity index (χ1n) is 8.37. The third kappa shape index (κ3) is 2.99. The molecule has 1 saturated heterocycles. The van der Waals surface area contributed by atoms with E-state index in [0.29, 0.717) is 17.7 Å². The highest BCUT2D eigenvalue weighted by Crippen LogP contribution is 2.31. The van der Waals surface area contributed by atoms with Crippen LogP contribution in [0, 0.1) is 0 Å². The number of hydrogen-bond donors (Lipinski definition) is 0. The van der Waals surface area contributed by atoms with Gasteiger partial charge in [-0.25, -0.2) is 0 Å². The summed E-state index contributed by atoms with van der Waals surface area (Å²) in [5.41, 5.74) is 0. The van der Waals surface area contributed by atoms with Gasteiger partial charge in [0.2, 0.25) is 5.89 Å². The zero-order valence-corrected chi connectivity index (χ0v) is 13.6. The topological polar surface area (TPSA) is 57.4 Å². The Kier molecular flexibility index (Phi) is 4.17. The average molecular weight is 324 g/mol. The van der Waals surface area contributed by atoms with Crippen molar-refractivity contribution in [3.8, 4) is 5.75 Å². The summed E-state index contributed by atoms with van der Waals surface area (Å²) >= 11 is 0. The van der Waals surface area contributed by atoms with Crippen molar-refractivity contribution in [3.63, 3.8) is 0 Å². The molecule has 1 unspecified atom stereocenters. The third-order valence-corrected chi connectivity index (χ3v) is 4.43. The van der Waals surface area contributed by atoms with Crippen LogP contribution in [0.25, 0.3) is 10.8 Å². The standard InChI is InChI=1S/C19H20N2O3/c1-13(18-20-21-19(24-18)15-9-11-22-12-10-15)23-17-8-4-6-14-5-2-3-7-16(14)17/h2-8,13,15H,9-12H2,1H3. The molecular weight excluding hydrogens is 304 g/mol.